The molecule has 2 unspecified atom stereocenters. The van der Waals surface area contributed by atoms with Gasteiger partial charge in [0.2, 0.25) is 0 Å². The van der Waals surface area contributed by atoms with Gasteiger partial charge in [0.05, 0.1) is 36.8 Å². The van der Waals surface area contributed by atoms with Crippen molar-refractivity contribution in [3.63, 3.8) is 0 Å². The predicted molar refractivity (Wildman–Crippen MR) is 176 cm³/mol. The first-order chi connectivity index (χ1) is 22.1. The lowest BCUT2D eigenvalue weighted by molar-refractivity contribution is -0.129. The Morgan fingerprint density at radius 1 is 0.957 bits per heavy atom. The molecule has 246 valence electrons. The minimum atomic E-state index is -1.05. The second-order valence-corrected chi connectivity index (χ2v) is 14.2. The highest BCUT2D eigenvalue weighted by molar-refractivity contribution is 5.98. The number of amides is 2. The Labute approximate surface area is 272 Å². The Bertz CT molecular complexity index is 1480. The molecule has 2 saturated carbocycles. The van der Waals surface area contributed by atoms with E-state index in [4.69, 9.17) is 14.5 Å². The number of imidazole rings is 1. The van der Waals surface area contributed by atoms with Gasteiger partial charge in [-0.15, -0.1) is 0 Å². The molecule has 0 spiro atoms. The average Bonchev–Trinajstić information content (AvgIpc) is 3.45. The zero-order valence-corrected chi connectivity index (χ0v) is 27.4. The molecular weight excluding hydrogens is 580 g/mol. The zero-order valence-electron chi connectivity index (χ0n) is 27.4. The molecule has 0 radical (unpaired) electrons. The monoisotopic (exact) mass is 628 g/mol. The number of carbonyl (C=O) groups is 2. The maximum atomic E-state index is 14.6. The molecule has 3 atom stereocenters. The van der Waals surface area contributed by atoms with Crippen molar-refractivity contribution in [1.82, 2.24) is 19.4 Å². The van der Waals surface area contributed by atoms with E-state index in [1.807, 2.05) is 78.8 Å². The molecule has 2 aliphatic carbocycles. The Morgan fingerprint density at radius 3 is 2.35 bits per heavy atom. The molecule has 1 aromatic heterocycles. The van der Waals surface area contributed by atoms with E-state index >= 15 is 0 Å². The molecule has 1 N–H and O–H groups in total. The van der Waals surface area contributed by atoms with Gasteiger partial charge in [-0.25, -0.2) is 9.78 Å². The summed E-state index contributed by atoms with van der Waals surface area (Å²) in [7, 11) is 0. The quantitative estimate of drug-likeness (QED) is 0.316. The van der Waals surface area contributed by atoms with Crippen molar-refractivity contribution in [3.8, 4) is 11.3 Å². The topological polar surface area (TPSA) is 97.1 Å². The molecule has 9 heteroatoms. The zero-order chi connectivity index (χ0) is 32.3. The number of ether oxygens (including phenoxy) is 2. The summed E-state index contributed by atoms with van der Waals surface area (Å²) in [6.45, 7) is 6.95. The van der Waals surface area contributed by atoms with Gasteiger partial charge in [-0.3, -0.25) is 4.79 Å². The number of carbonyl (C=O) groups excluding carboxylic acids is 2. The van der Waals surface area contributed by atoms with Gasteiger partial charge in [-0.2, -0.15) is 0 Å². The maximum absolute atomic E-state index is 14.6. The number of aromatic nitrogens is 2. The summed E-state index contributed by atoms with van der Waals surface area (Å²) in [5.41, 5.74) is 1.38. The highest BCUT2D eigenvalue weighted by atomic mass is 16.6. The summed E-state index contributed by atoms with van der Waals surface area (Å²) in [6.07, 6.45) is 8.80. The van der Waals surface area contributed by atoms with E-state index in [0.717, 1.165) is 43.2 Å². The van der Waals surface area contributed by atoms with E-state index in [9.17, 15) is 14.7 Å². The van der Waals surface area contributed by atoms with Crippen LogP contribution in [-0.2, 0) is 15.9 Å². The number of rotatable bonds is 8. The van der Waals surface area contributed by atoms with Crippen molar-refractivity contribution in [2.75, 3.05) is 26.2 Å². The Balaban J connectivity index is 1.33. The second-order valence-electron chi connectivity index (χ2n) is 14.2. The fraction of sp³-hybridized carbons (Fsp3) is 0.541. The smallest absolute Gasteiger partial charge is 0.410 e. The summed E-state index contributed by atoms with van der Waals surface area (Å²) in [5.74, 6) is -0.174. The number of hydrogen-bond acceptors (Lipinski definition) is 6. The summed E-state index contributed by atoms with van der Waals surface area (Å²) >= 11 is 0. The third kappa shape index (κ3) is 7.15. The molecule has 46 heavy (non-hydrogen) atoms. The summed E-state index contributed by atoms with van der Waals surface area (Å²) in [5, 5.41) is 12.1. The van der Waals surface area contributed by atoms with Crippen molar-refractivity contribution in [2.24, 2.45) is 0 Å². The van der Waals surface area contributed by atoms with Gasteiger partial charge in [0.1, 0.15) is 11.2 Å². The van der Waals surface area contributed by atoms with E-state index in [1.54, 1.807) is 11.2 Å². The van der Waals surface area contributed by atoms with Gasteiger partial charge < -0.3 is 28.9 Å². The van der Waals surface area contributed by atoms with Crippen LogP contribution in [0.2, 0.25) is 0 Å². The minimum Gasteiger partial charge on any atom is -0.444 e. The first kappa shape index (κ1) is 32.3. The van der Waals surface area contributed by atoms with Crippen molar-refractivity contribution in [3.05, 3.63) is 78.2 Å². The first-order valence-electron chi connectivity index (χ1n) is 16.9. The van der Waals surface area contributed by atoms with Crippen LogP contribution in [0.3, 0.4) is 0 Å². The fourth-order valence-corrected chi connectivity index (χ4v) is 7.02. The molecule has 2 aromatic carbocycles. The van der Waals surface area contributed by atoms with Crippen LogP contribution in [-0.4, -0.2) is 86.0 Å². The average molecular weight is 629 g/mol. The molecule has 0 bridgehead atoms. The van der Waals surface area contributed by atoms with Gasteiger partial charge in [0.15, 0.2) is 5.69 Å². The molecular formula is C37H48N4O5. The minimum absolute atomic E-state index is 0.174. The number of benzene rings is 2. The summed E-state index contributed by atoms with van der Waals surface area (Å²) in [4.78, 5) is 36.1. The lowest BCUT2D eigenvalue weighted by Gasteiger charge is -2.43. The van der Waals surface area contributed by atoms with Crippen LogP contribution in [0.5, 0.6) is 0 Å². The van der Waals surface area contributed by atoms with Crippen molar-refractivity contribution in [1.29, 1.82) is 0 Å². The van der Waals surface area contributed by atoms with Crippen molar-refractivity contribution < 1.29 is 24.2 Å². The Hall–Kier alpha value is -3.69. The number of hydrogen-bond donors (Lipinski definition) is 1. The van der Waals surface area contributed by atoms with E-state index in [-0.39, 0.29) is 36.8 Å². The number of piperazine rings is 1. The third-order valence-electron chi connectivity index (χ3n) is 9.67. The number of aliphatic hydroxyl groups is 1. The van der Waals surface area contributed by atoms with Gasteiger partial charge in [-0.05, 0) is 64.9 Å². The lowest BCUT2D eigenvalue weighted by atomic mass is 9.80. The van der Waals surface area contributed by atoms with Crippen LogP contribution in [0.4, 0.5) is 4.79 Å². The van der Waals surface area contributed by atoms with Crippen LogP contribution in [0.15, 0.2) is 67.0 Å². The third-order valence-corrected chi connectivity index (χ3v) is 9.67. The number of nitrogens with zero attached hydrogens (tertiary/aromatic N) is 4. The highest BCUT2D eigenvalue weighted by Gasteiger charge is 2.44. The normalized spacial score (nSPS) is 24.0. The van der Waals surface area contributed by atoms with Gasteiger partial charge in [0, 0.05) is 25.2 Å². The van der Waals surface area contributed by atoms with Crippen molar-refractivity contribution in [2.45, 2.75) is 102 Å². The SMILES string of the molecule is CC(C)(C)OC(=O)N1CCN(C(=O)c2ncn(C3CCCCC3(O)COC3CCC3)c2-c2ccccc2)[C@H](Cc2ccccc2)C1. The van der Waals surface area contributed by atoms with Crippen LogP contribution in [0, 0.1) is 0 Å². The second kappa shape index (κ2) is 13.6. The van der Waals surface area contributed by atoms with Gasteiger partial charge in [-0.1, -0.05) is 73.5 Å². The molecule has 3 aliphatic rings. The largest absolute Gasteiger partial charge is 0.444 e. The molecule has 2 heterocycles. The van der Waals surface area contributed by atoms with E-state index in [0.29, 0.717) is 43.9 Å². The first-order valence-corrected chi connectivity index (χ1v) is 16.9. The molecule has 6 rings (SSSR count). The van der Waals surface area contributed by atoms with Crippen LogP contribution in [0.1, 0.15) is 87.8 Å². The fourth-order valence-electron chi connectivity index (χ4n) is 7.02. The Kier molecular flexibility index (Phi) is 9.52. The van der Waals surface area contributed by atoms with Crippen LogP contribution in [0.25, 0.3) is 11.3 Å². The lowest BCUT2D eigenvalue weighted by Crippen LogP contribution is -2.58. The molecule has 3 aromatic rings. The Morgan fingerprint density at radius 2 is 1.67 bits per heavy atom. The van der Waals surface area contributed by atoms with Gasteiger partial charge >= 0.3 is 6.09 Å². The summed E-state index contributed by atoms with van der Waals surface area (Å²) in [6, 6.07) is 19.4. The predicted octanol–water partition coefficient (Wildman–Crippen LogP) is 6.27. The molecule has 9 nitrogen and oxygen atoms in total. The van der Waals surface area contributed by atoms with E-state index in [1.165, 1.54) is 6.42 Å². The van der Waals surface area contributed by atoms with Crippen LogP contribution >= 0.6 is 0 Å². The molecule has 1 aliphatic heterocycles. The van der Waals surface area contributed by atoms with Gasteiger partial charge in [0.25, 0.3) is 5.91 Å². The van der Waals surface area contributed by atoms with Crippen LogP contribution < -0.4 is 0 Å². The molecule has 2 amide bonds. The molecule has 3 fully saturated rings. The molecule has 1 saturated heterocycles. The standard InChI is InChI=1S/C37H48N4O5/c1-36(2,3)46-35(43)39-21-22-40(29(24-39)23-27-13-6-4-7-14-27)34(42)32-33(28-15-8-5-9-16-28)41(26-38-32)31-19-10-11-20-37(31,44)25-45-30-17-12-18-30/h4-9,13-16,26,29-31,44H,10-12,17-25H2,1-3H3/t29-,31?,37?/m1/s1. The summed E-state index contributed by atoms with van der Waals surface area (Å²) < 4.78 is 13.9. The highest BCUT2D eigenvalue weighted by Crippen LogP contribution is 2.42. The maximum Gasteiger partial charge on any atom is 0.410 e. The van der Waals surface area contributed by atoms with Crippen molar-refractivity contribution >= 4 is 12.0 Å². The van der Waals surface area contributed by atoms with E-state index in [2.05, 4.69) is 12.1 Å². The van der Waals surface area contributed by atoms with E-state index < -0.39 is 11.2 Å².